The Morgan fingerprint density at radius 3 is 2.58 bits per heavy atom. The second-order valence-electron chi connectivity index (χ2n) is 6.60. The number of nitrogens with zero attached hydrogens (tertiary/aromatic N) is 3. The molecule has 0 bridgehead atoms. The highest BCUT2D eigenvalue weighted by Gasteiger charge is 2.20. The number of hydrogen-bond donors (Lipinski definition) is 4. The van der Waals surface area contributed by atoms with Crippen molar-refractivity contribution in [1.82, 2.24) is 14.5 Å². The molecule has 0 aliphatic heterocycles. The number of nitrogens with two attached hydrogens (primary N) is 3. The largest absolute Gasteiger partial charge is 0.508 e. The maximum atomic E-state index is 11.7. The number of anilines is 1. The highest BCUT2D eigenvalue weighted by Crippen LogP contribution is 2.32. The number of aromatic hydroxyl groups is 1. The summed E-state index contributed by atoms with van der Waals surface area (Å²) in [6.07, 6.45) is 2.14. The number of phenols is 1. The second-order valence-corrected chi connectivity index (χ2v) is 6.60. The molecule has 0 saturated heterocycles. The van der Waals surface area contributed by atoms with Crippen LogP contribution in [0.15, 0.2) is 48.7 Å². The highest BCUT2D eigenvalue weighted by atomic mass is 16.3. The molecule has 9 heteroatoms. The van der Waals surface area contributed by atoms with E-state index in [2.05, 4.69) is 15.7 Å². The van der Waals surface area contributed by atoms with Gasteiger partial charge in [-0.25, -0.2) is 9.97 Å². The van der Waals surface area contributed by atoms with Crippen LogP contribution in [-0.4, -0.2) is 38.9 Å². The number of primary amides is 1. The van der Waals surface area contributed by atoms with Crippen molar-refractivity contribution in [3.63, 3.8) is 0 Å². The molecule has 31 heavy (non-hydrogen) atoms. The zero-order valence-corrected chi connectivity index (χ0v) is 17.0. The number of amides is 1. The van der Waals surface area contributed by atoms with Gasteiger partial charge >= 0.3 is 0 Å². The van der Waals surface area contributed by atoms with E-state index >= 15 is 0 Å². The van der Waals surface area contributed by atoms with Gasteiger partial charge in [0.15, 0.2) is 11.9 Å². The van der Waals surface area contributed by atoms with Crippen LogP contribution in [0.2, 0.25) is 0 Å². The molecule has 0 fully saturated rings. The Bertz CT molecular complexity index is 1300. The lowest BCUT2D eigenvalue weighted by molar-refractivity contribution is 0.1000. The van der Waals surface area contributed by atoms with Crippen molar-refractivity contribution in [3.05, 3.63) is 65.4 Å². The second kappa shape index (κ2) is 8.64. The third kappa shape index (κ3) is 3.81. The monoisotopic (exact) mass is 418 g/mol. The summed E-state index contributed by atoms with van der Waals surface area (Å²) < 4.78 is 1.59. The molecule has 2 heterocycles. The number of carbonyl (C=O) groups is 2. The predicted molar refractivity (Wildman–Crippen MR) is 119 cm³/mol. The van der Waals surface area contributed by atoms with E-state index in [1.54, 1.807) is 47.0 Å². The van der Waals surface area contributed by atoms with Crippen molar-refractivity contribution in [2.75, 3.05) is 12.8 Å². The topological polar surface area (TPSA) is 163 Å². The molecule has 0 radical (unpaired) electrons. The van der Waals surface area contributed by atoms with Crippen LogP contribution in [0.5, 0.6) is 5.75 Å². The Labute approximate surface area is 178 Å². The number of fused-ring (bicyclic) bond motifs is 1. The van der Waals surface area contributed by atoms with Crippen molar-refractivity contribution in [2.24, 2.45) is 11.5 Å². The molecule has 2 aromatic heterocycles. The van der Waals surface area contributed by atoms with Crippen molar-refractivity contribution >= 4 is 29.2 Å². The molecule has 1 amide bonds. The standard InChI is InChI=1S/C21H17N5O3.CH5N/c1-11-5-6-14(28)8-17(11)26-19(22)15(10-27)18-21(26)25-16(9-24-18)12-3-2-4-13(7-12)20(23)29;1-2/h2-10,28H,22H2,1H3,(H2,23,29);2H2,1H3. The number of rotatable bonds is 4. The average Bonchev–Trinajstić information content (AvgIpc) is 3.07. The molecule has 0 saturated carbocycles. The van der Waals surface area contributed by atoms with Gasteiger partial charge in [-0.2, -0.15) is 0 Å². The molecule has 7 N–H and O–H groups in total. The lowest BCUT2D eigenvalue weighted by atomic mass is 10.1. The van der Waals surface area contributed by atoms with Crippen LogP contribution in [0.1, 0.15) is 26.3 Å². The van der Waals surface area contributed by atoms with E-state index in [4.69, 9.17) is 11.5 Å². The number of benzene rings is 2. The van der Waals surface area contributed by atoms with Gasteiger partial charge in [0, 0.05) is 17.2 Å². The zero-order valence-electron chi connectivity index (χ0n) is 17.0. The van der Waals surface area contributed by atoms with Crippen LogP contribution in [0.25, 0.3) is 28.1 Å². The first-order valence-corrected chi connectivity index (χ1v) is 9.30. The molecule has 0 aliphatic rings. The van der Waals surface area contributed by atoms with Crippen LogP contribution >= 0.6 is 0 Å². The number of hydrogen-bond acceptors (Lipinski definition) is 7. The predicted octanol–water partition coefficient (Wildman–Crippen LogP) is 2.17. The van der Waals surface area contributed by atoms with Crippen LogP contribution in [0.3, 0.4) is 0 Å². The summed E-state index contributed by atoms with van der Waals surface area (Å²) in [5.41, 5.74) is 19.9. The van der Waals surface area contributed by atoms with E-state index in [9.17, 15) is 14.7 Å². The van der Waals surface area contributed by atoms with Crippen molar-refractivity contribution in [3.8, 4) is 22.7 Å². The third-order valence-corrected chi connectivity index (χ3v) is 4.73. The molecule has 4 aromatic rings. The molecule has 0 spiro atoms. The summed E-state index contributed by atoms with van der Waals surface area (Å²) in [7, 11) is 1.50. The van der Waals surface area contributed by atoms with Crippen molar-refractivity contribution in [2.45, 2.75) is 6.92 Å². The van der Waals surface area contributed by atoms with Crippen LogP contribution in [-0.2, 0) is 0 Å². The lowest BCUT2D eigenvalue weighted by Gasteiger charge is -2.11. The zero-order chi connectivity index (χ0) is 22.7. The fraction of sp³-hybridized carbons (Fsp3) is 0.0909. The summed E-state index contributed by atoms with van der Waals surface area (Å²) >= 11 is 0. The number of aromatic nitrogens is 3. The number of aryl methyl sites for hydroxylation is 1. The molecule has 2 aromatic carbocycles. The Morgan fingerprint density at radius 1 is 1.16 bits per heavy atom. The van der Waals surface area contributed by atoms with Crippen LogP contribution in [0.4, 0.5) is 5.82 Å². The van der Waals surface area contributed by atoms with Crippen molar-refractivity contribution in [1.29, 1.82) is 0 Å². The Morgan fingerprint density at radius 2 is 1.90 bits per heavy atom. The first kappa shape index (κ1) is 21.5. The maximum absolute atomic E-state index is 11.7. The highest BCUT2D eigenvalue weighted by molar-refractivity contribution is 6.01. The van der Waals surface area contributed by atoms with E-state index in [0.717, 1.165) is 5.56 Å². The summed E-state index contributed by atoms with van der Waals surface area (Å²) in [6.45, 7) is 1.86. The van der Waals surface area contributed by atoms with Gasteiger partial charge in [0.05, 0.1) is 23.1 Å². The first-order valence-electron chi connectivity index (χ1n) is 9.30. The van der Waals surface area contributed by atoms with E-state index in [1.807, 2.05) is 6.92 Å². The minimum Gasteiger partial charge on any atom is -0.508 e. The number of nitrogen functional groups attached to an aromatic ring is 1. The van der Waals surface area contributed by atoms with E-state index in [1.165, 1.54) is 13.2 Å². The normalized spacial score (nSPS) is 10.4. The molecular weight excluding hydrogens is 396 g/mol. The van der Waals surface area contributed by atoms with Gasteiger partial charge in [-0.1, -0.05) is 18.2 Å². The molecule has 0 unspecified atom stereocenters. The smallest absolute Gasteiger partial charge is 0.248 e. The van der Waals surface area contributed by atoms with Gasteiger partial charge in [-0.05, 0) is 37.7 Å². The third-order valence-electron chi connectivity index (χ3n) is 4.73. The fourth-order valence-corrected chi connectivity index (χ4v) is 3.25. The minimum absolute atomic E-state index is 0.0535. The molecule has 158 valence electrons. The summed E-state index contributed by atoms with van der Waals surface area (Å²) in [5, 5.41) is 9.94. The van der Waals surface area contributed by atoms with Crippen LogP contribution in [0, 0.1) is 6.92 Å². The molecule has 4 rings (SSSR count). The van der Waals surface area contributed by atoms with Gasteiger partial charge in [-0.15, -0.1) is 0 Å². The number of carbonyl (C=O) groups excluding carboxylic acids is 2. The SMILES string of the molecule is CN.Cc1ccc(O)cc1-n1c(N)c(C=O)c2ncc(-c3cccc(C(N)=O)c3)nc21. The summed E-state index contributed by atoms with van der Waals surface area (Å²) in [6, 6.07) is 11.6. The first-order chi connectivity index (χ1) is 14.9. The number of aldehydes is 1. The quantitative estimate of drug-likeness (QED) is 0.369. The Kier molecular flexibility index (Phi) is 5.98. The van der Waals surface area contributed by atoms with E-state index < -0.39 is 5.91 Å². The van der Waals surface area contributed by atoms with Gasteiger partial charge in [0.25, 0.3) is 0 Å². The van der Waals surface area contributed by atoms with E-state index in [-0.39, 0.29) is 17.1 Å². The van der Waals surface area contributed by atoms with Crippen LogP contribution < -0.4 is 17.2 Å². The van der Waals surface area contributed by atoms with Gasteiger partial charge in [0.1, 0.15) is 17.1 Å². The van der Waals surface area contributed by atoms with Gasteiger partial charge in [0.2, 0.25) is 5.91 Å². The fourth-order valence-electron chi connectivity index (χ4n) is 3.25. The Hall–Kier alpha value is -4.24. The molecular formula is C22H22N6O3. The number of phenolic OH excluding ortho intramolecular Hbond substituents is 1. The molecule has 9 nitrogen and oxygen atoms in total. The summed E-state index contributed by atoms with van der Waals surface area (Å²) in [5.74, 6) is -0.323. The summed E-state index contributed by atoms with van der Waals surface area (Å²) in [4.78, 5) is 32.2. The lowest BCUT2D eigenvalue weighted by Crippen LogP contribution is -2.10. The van der Waals surface area contributed by atoms with Crippen molar-refractivity contribution < 1.29 is 14.7 Å². The van der Waals surface area contributed by atoms with Gasteiger partial charge in [-0.3, -0.25) is 14.2 Å². The molecule has 0 atom stereocenters. The Balaban J connectivity index is 0.00000132. The van der Waals surface area contributed by atoms with Gasteiger partial charge < -0.3 is 22.3 Å². The average molecular weight is 418 g/mol. The van der Waals surface area contributed by atoms with E-state index in [0.29, 0.717) is 40.0 Å². The molecule has 0 aliphatic carbocycles. The maximum Gasteiger partial charge on any atom is 0.248 e. The minimum atomic E-state index is -0.549.